The smallest absolute Gasteiger partial charge is 0.179 e. The van der Waals surface area contributed by atoms with Crippen molar-refractivity contribution in [3.8, 4) is 0 Å². The lowest BCUT2D eigenvalue weighted by Crippen LogP contribution is -2.15. The summed E-state index contributed by atoms with van der Waals surface area (Å²) in [4.78, 5) is 7.05. The van der Waals surface area contributed by atoms with E-state index in [0.717, 1.165) is 0 Å². The second-order valence-electron chi connectivity index (χ2n) is 4.07. The Morgan fingerprint density at radius 2 is 2.29 bits per heavy atom. The number of thioether (sulfide) groups is 1. The molecule has 0 atom stereocenters. The highest BCUT2D eigenvalue weighted by Gasteiger charge is 2.16. The number of aromatic amines is 1. The third-order valence-electron chi connectivity index (χ3n) is 2.66. The zero-order valence-electron chi connectivity index (χ0n) is 10.9. The van der Waals surface area contributed by atoms with Crippen molar-refractivity contribution in [2.45, 2.75) is 10.1 Å². The van der Waals surface area contributed by atoms with Gasteiger partial charge in [-0.25, -0.2) is 13.4 Å². The van der Waals surface area contributed by atoms with Crippen LogP contribution in [0.3, 0.4) is 0 Å². The van der Waals surface area contributed by atoms with E-state index in [0.29, 0.717) is 16.5 Å². The Labute approximate surface area is 126 Å². The molecule has 4 N–H and O–H groups in total. The first-order valence-electron chi connectivity index (χ1n) is 5.96. The van der Waals surface area contributed by atoms with Crippen LogP contribution < -0.4 is 5.73 Å². The molecule has 1 heterocycles. The molecule has 0 aliphatic carbocycles. The topological polar surface area (TPSA) is 121 Å². The Hall–Kier alpha value is -2.00. The number of aromatic nitrogens is 2. The first kappa shape index (κ1) is 15.4. The summed E-state index contributed by atoms with van der Waals surface area (Å²) >= 11 is 1.33. The summed E-state index contributed by atoms with van der Waals surface area (Å²) in [5.74, 6) is 0.221. The van der Waals surface area contributed by atoms with Crippen molar-refractivity contribution in [3.63, 3.8) is 0 Å². The number of nitrogens with two attached hydrogens (primary N) is 1. The normalized spacial score (nSPS) is 12.5. The number of benzene rings is 1. The molecule has 21 heavy (non-hydrogen) atoms. The van der Waals surface area contributed by atoms with Gasteiger partial charge in [0.15, 0.2) is 20.8 Å². The van der Waals surface area contributed by atoms with Gasteiger partial charge in [-0.3, -0.25) is 0 Å². The molecule has 0 saturated carbocycles. The Morgan fingerprint density at radius 3 is 2.95 bits per heavy atom. The van der Waals surface area contributed by atoms with E-state index in [-0.39, 0.29) is 16.5 Å². The molecule has 0 radical (unpaired) electrons. The SMILES string of the molecule is N/C(=N/O)c1cccc(S(=O)(=O)CCSc2ncc[nH]2)c1. The minimum atomic E-state index is -3.43. The zero-order chi connectivity index (χ0) is 15.3. The van der Waals surface area contributed by atoms with Gasteiger partial charge in [0.2, 0.25) is 0 Å². The molecule has 1 aromatic carbocycles. The largest absolute Gasteiger partial charge is 0.409 e. The second-order valence-corrected chi connectivity index (χ2v) is 7.27. The van der Waals surface area contributed by atoms with E-state index in [4.69, 9.17) is 10.9 Å². The summed E-state index contributed by atoms with van der Waals surface area (Å²) in [6.07, 6.45) is 3.29. The van der Waals surface area contributed by atoms with E-state index in [1.54, 1.807) is 24.5 Å². The zero-order valence-corrected chi connectivity index (χ0v) is 12.6. The predicted octanol–water partition coefficient (Wildman–Crippen LogP) is 1.07. The average molecular weight is 326 g/mol. The van der Waals surface area contributed by atoms with Gasteiger partial charge in [0.1, 0.15) is 0 Å². The third kappa shape index (κ3) is 3.99. The molecule has 0 aliphatic rings. The van der Waals surface area contributed by atoms with Gasteiger partial charge in [0.05, 0.1) is 10.6 Å². The molecule has 2 rings (SSSR count). The van der Waals surface area contributed by atoms with Crippen LogP contribution in [-0.4, -0.2) is 40.9 Å². The lowest BCUT2D eigenvalue weighted by molar-refractivity contribution is 0.318. The van der Waals surface area contributed by atoms with Crippen molar-refractivity contribution in [3.05, 3.63) is 42.2 Å². The van der Waals surface area contributed by atoms with Crippen LogP contribution in [0, 0.1) is 0 Å². The third-order valence-corrected chi connectivity index (χ3v) is 5.54. The molecular weight excluding hydrogens is 312 g/mol. The van der Waals surface area contributed by atoms with Crippen molar-refractivity contribution in [1.82, 2.24) is 9.97 Å². The molecule has 9 heteroatoms. The summed E-state index contributed by atoms with van der Waals surface area (Å²) in [7, 11) is -3.43. The maximum atomic E-state index is 12.2. The standard InChI is InChI=1S/C12H14N4O3S2/c13-11(16-17)9-2-1-3-10(8-9)21(18,19)7-6-20-12-14-4-5-15-12/h1-5,8,17H,6-7H2,(H2,13,16)(H,14,15). The summed E-state index contributed by atoms with van der Waals surface area (Å²) in [5.41, 5.74) is 5.82. The van der Waals surface area contributed by atoms with Gasteiger partial charge in [-0.2, -0.15) is 0 Å². The first-order chi connectivity index (χ1) is 10.0. The van der Waals surface area contributed by atoms with Crippen molar-refractivity contribution in [2.75, 3.05) is 11.5 Å². The summed E-state index contributed by atoms with van der Waals surface area (Å²) in [6, 6.07) is 6.01. The van der Waals surface area contributed by atoms with Gasteiger partial charge in [-0.05, 0) is 12.1 Å². The van der Waals surface area contributed by atoms with Gasteiger partial charge >= 0.3 is 0 Å². The number of rotatable bonds is 6. The Bertz CT molecular complexity index is 727. The van der Waals surface area contributed by atoms with Crippen LogP contribution in [0.1, 0.15) is 5.56 Å². The fraction of sp³-hybridized carbons (Fsp3) is 0.167. The summed E-state index contributed by atoms with van der Waals surface area (Å²) in [5, 5.41) is 12.2. The quantitative estimate of drug-likeness (QED) is 0.240. The number of H-pyrrole nitrogens is 1. The van der Waals surface area contributed by atoms with Crippen molar-refractivity contribution >= 4 is 27.4 Å². The number of imidazole rings is 1. The van der Waals surface area contributed by atoms with Crippen LogP contribution in [-0.2, 0) is 9.84 Å². The first-order valence-corrected chi connectivity index (χ1v) is 8.59. The summed E-state index contributed by atoms with van der Waals surface area (Å²) < 4.78 is 24.5. The van der Waals surface area contributed by atoms with Gasteiger partial charge in [-0.15, -0.1) is 0 Å². The van der Waals surface area contributed by atoms with Crippen molar-refractivity contribution in [1.29, 1.82) is 0 Å². The Kier molecular flexibility index (Phi) is 4.86. The number of nitrogens with one attached hydrogen (secondary N) is 1. The highest BCUT2D eigenvalue weighted by atomic mass is 32.2. The molecular formula is C12H14N4O3S2. The Morgan fingerprint density at radius 1 is 1.48 bits per heavy atom. The number of amidine groups is 1. The highest BCUT2D eigenvalue weighted by molar-refractivity contribution is 8.00. The molecule has 0 spiro atoms. The highest BCUT2D eigenvalue weighted by Crippen LogP contribution is 2.17. The van der Waals surface area contributed by atoms with Gasteiger partial charge in [0.25, 0.3) is 0 Å². The van der Waals surface area contributed by atoms with E-state index in [2.05, 4.69) is 15.1 Å². The fourth-order valence-electron chi connectivity index (χ4n) is 1.60. The van der Waals surface area contributed by atoms with E-state index in [1.807, 2.05) is 0 Å². The number of nitrogens with zero attached hydrogens (tertiary/aromatic N) is 2. The van der Waals surface area contributed by atoms with Crippen LogP contribution in [0.5, 0.6) is 0 Å². The summed E-state index contributed by atoms with van der Waals surface area (Å²) in [6.45, 7) is 0. The monoisotopic (exact) mass is 326 g/mol. The van der Waals surface area contributed by atoms with Crippen LogP contribution in [0.2, 0.25) is 0 Å². The molecule has 0 unspecified atom stereocenters. The minimum absolute atomic E-state index is 0.0298. The molecule has 112 valence electrons. The Balaban J connectivity index is 2.08. The van der Waals surface area contributed by atoms with E-state index in [1.165, 1.54) is 23.9 Å². The lowest BCUT2D eigenvalue weighted by atomic mass is 10.2. The van der Waals surface area contributed by atoms with Crippen LogP contribution in [0.15, 0.2) is 51.9 Å². The average Bonchev–Trinajstić information content (AvgIpc) is 2.99. The van der Waals surface area contributed by atoms with Gasteiger partial charge < -0.3 is 15.9 Å². The second kappa shape index (κ2) is 6.64. The molecule has 0 fully saturated rings. The molecule has 0 saturated heterocycles. The van der Waals surface area contributed by atoms with Crippen LogP contribution >= 0.6 is 11.8 Å². The molecule has 2 aromatic rings. The number of sulfone groups is 1. The predicted molar refractivity (Wildman–Crippen MR) is 80.3 cm³/mol. The number of oxime groups is 1. The molecule has 0 amide bonds. The minimum Gasteiger partial charge on any atom is -0.409 e. The van der Waals surface area contributed by atoms with Gasteiger partial charge in [-0.1, -0.05) is 29.1 Å². The number of hydrogen-bond donors (Lipinski definition) is 3. The van der Waals surface area contributed by atoms with E-state index in [9.17, 15) is 8.42 Å². The maximum Gasteiger partial charge on any atom is 0.179 e. The maximum absolute atomic E-state index is 12.2. The lowest BCUT2D eigenvalue weighted by Gasteiger charge is -2.05. The van der Waals surface area contributed by atoms with Crippen LogP contribution in [0.25, 0.3) is 0 Å². The van der Waals surface area contributed by atoms with E-state index >= 15 is 0 Å². The molecule has 0 bridgehead atoms. The van der Waals surface area contributed by atoms with Crippen LogP contribution in [0.4, 0.5) is 0 Å². The fourth-order valence-corrected chi connectivity index (χ4v) is 4.12. The van der Waals surface area contributed by atoms with Crippen molar-refractivity contribution < 1.29 is 13.6 Å². The molecule has 0 aliphatic heterocycles. The van der Waals surface area contributed by atoms with Crippen molar-refractivity contribution in [2.24, 2.45) is 10.9 Å². The van der Waals surface area contributed by atoms with Gasteiger partial charge in [0, 0.05) is 23.7 Å². The molecule has 7 nitrogen and oxygen atoms in total. The molecule has 1 aromatic heterocycles. The number of hydrogen-bond acceptors (Lipinski definition) is 6. The van der Waals surface area contributed by atoms with E-state index < -0.39 is 9.84 Å².